The van der Waals surface area contributed by atoms with Gasteiger partial charge in [-0.05, 0) is 60.6 Å². The van der Waals surface area contributed by atoms with Gasteiger partial charge in [0, 0.05) is 79.6 Å². The van der Waals surface area contributed by atoms with Gasteiger partial charge in [0.25, 0.3) is 0 Å². The molecule has 0 bridgehead atoms. The fraction of sp³-hybridized carbons (Fsp3) is 0.400. The van der Waals surface area contributed by atoms with Crippen molar-refractivity contribution in [3.8, 4) is 39.9 Å². The summed E-state index contributed by atoms with van der Waals surface area (Å²) in [6.07, 6.45) is -0.330. The average molecular weight is 779 g/mol. The van der Waals surface area contributed by atoms with E-state index in [0.717, 1.165) is 45.9 Å². The molecule has 2 aromatic heterocycles. The normalized spacial score (nSPS) is 19.3. The highest BCUT2D eigenvalue weighted by Crippen LogP contribution is 2.46. The van der Waals surface area contributed by atoms with E-state index in [-0.39, 0.29) is 41.9 Å². The molecule has 15 heteroatoms. The Hall–Kier alpha value is -4.92. The van der Waals surface area contributed by atoms with Crippen LogP contribution in [0.2, 0.25) is 5.02 Å². The van der Waals surface area contributed by atoms with Crippen molar-refractivity contribution in [1.29, 1.82) is 0 Å². The number of rotatable bonds is 14. The molecule has 2 aliphatic heterocycles. The highest BCUT2D eigenvalue weighted by atomic mass is 35.5. The van der Waals surface area contributed by atoms with Crippen molar-refractivity contribution >= 4 is 23.4 Å². The van der Waals surface area contributed by atoms with E-state index in [1.807, 2.05) is 42.5 Å². The minimum atomic E-state index is -4.74. The van der Waals surface area contributed by atoms with Crippen LogP contribution in [-0.2, 0) is 35.3 Å². The predicted molar refractivity (Wildman–Crippen MR) is 200 cm³/mol. The van der Waals surface area contributed by atoms with Crippen LogP contribution in [0.15, 0.2) is 54.7 Å². The van der Waals surface area contributed by atoms with Gasteiger partial charge in [0.2, 0.25) is 23.6 Å². The number of ether oxygens (including phenoxy) is 3. The van der Waals surface area contributed by atoms with Gasteiger partial charge in [-0.1, -0.05) is 41.9 Å². The van der Waals surface area contributed by atoms with Crippen LogP contribution < -0.4 is 35.5 Å². The zero-order valence-corrected chi connectivity index (χ0v) is 31.2. The molecule has 1 aliphatic carbocycles. The highest BCUT2D eigenvalue weighted by Gasteiger charge is 2.39. The molecule has 2 fully saturated rings. The summed E-state index contributed by atoms with van der Waals surface area (Å²) in [6, 6.07) is 14.3. The van der Waals surface area contributed by atoms with Gasteiger partial charge in [-0.3, -0.25) is 14.6 Å². The molecule has 3 aliphatic rings. The number of benzene rings is 2. The van der Waals surface area contributed by atoms with E-state index in [9.17, 15) is 22.8 Å². The maximum absolute atomic E-state index is 14.5. The van der Waals surface area contributed by atoms with E-state index < -0.39 is 23.7 Å². The van der Waals surface area contributed by atoms with Crippen LogP contribution in [0.4, 0.5) is 13.2 Å². The number of hydrogen-bond acceptors (Lipinski definition) is 9. The Kier molecular flexibility index (Phi) is 11.5. The average Bonchev–Trinajstić information content (AvgIpc) is 3.91. The van der Waals surface area contributed by atoms with Crippen LogP contribution in [0.1, 0.15) is 66.0 Å². The number of hydrogen-bond donors (Lipinski definition) is 4. The van der Waals surface area contributed by atoms with E-state index in [4.69, 9.17) is 25.8 Å². The number of fused-ring (bicyclic) bond motifs is 1. The molecule has 7 rings (SSSR count). The molecule has 0 spiro atoms. The summed E-state index contributed by atoms with van der Waals surface area (Å²) in [4.78, 5) is 31.9. The van der Waals surface area contributed by atoms with Gasteiger partial charge in [0.15, 0.2) is 0 Å². The summed E-state index contributed by atoms with van der Waals surface area (Å²) in [5.41, 5.74) is 4.73. The zero-order valence-electron chi connectivity index (χ0n) is 30.4. The number of pyridine rings is 2. The SMILES string of the molecule is COc1cc(-c2nccc(-c3cccc4c3CC[C@@H]4Oc3nc(OC)c(CNC[C@@H]4CCC(=O)N4)cc3C(F)(F)F)c2Cl)ccc1CNC[C@@H]1CCC(=O)N1. The van der Waals surface area contributed by atoms with Crippen LogP contribution in [0, 0.1) is 0 Å². The number of carbonyl (C=O) groups excluding carboxylic acids is 2. The summed E-state index contributed by atoms with van der Waals surface area (Å²) in [7, 11) is 2.96. The third kappa shape index (κ3) is 8.51. The van der Waals surface area contributed by atoms with Crippen LogP contribution in [-0.4, -0.2) is 61.2 Å². The van der Waals surface area contributed by atoms with Gasteiger partial charge in [0.1, 0.15) is 17.4 Å². The molecule has 4 aromatic rings. The Labute approximate surface area is 321 Å². The van der Waals surface area contributed by atoms with Gasteiger partial charge in [-0.25, -0.2) is 0 Å². The molecule has 2 saturated heterocycles. The number of halogens is 4. The Balaban J connectivity index is 1.10. The maximum atomic E-state index is 14.5. The lowest BCUT2D eigenvalue weighted by Gasteiger charge is -2.21. The van der Waals surface area contributed by atoms with Crippen molar-refractivity contribution in [2.45, 2.75) is 76.0 Å². The third-order valence-electron chi connectivity index (χ3n) is 10.3. The van der Waals surface area contributed by atoms with Gasteiger partial charge in [-0.15, -0.1) is 0 Å². The van der Waals surface area contributed by atoms with Gasteiger partial charge in [-0.2, -0.15) is 18.2 Å². The zero-order chi connectivity index (χ0) is 38.7. The Morgan fingerprint density at radius 2 is 1.55 bits per heavy atom. The second kappa shape index (κ2) is 16.4. The molecule has 4 heterocycles. The Morgan fingerprint density at radius 3 is 2.18 bits per heavy atom. The van der Waals surface area contributed by atoms with Gasteiger partial charge >= 0.3 is 6.18 Å². The highest BCUT2D eigenvalue weighted by molar-refractivity contribution is 6.35. The number of alkyl halides is 3. The number of nitrogens with one attached hydrogen (secondary N) is 4. The topological polar surface area (TPSA) is 136 Å². The first-order chi connectivity index (χ1) is 26.5. The smallest absolute Gasteiger partial charge is 0.421 e. The standard InChI is InChI=1S/C40H42ClF3N6O5/c1-53-33-17-22(6-7-23(33)18-45-20-25-8-12-34(51)48-25)37-36(41)30(14-15-47-37)27-4-3-5-29-28(27)10-11-32(29)55-39-31(40(42,43)44)16-24(38(50-39)54-2)19-46-21-26-9-13-35(52)49-26/h3-7,14-17,25-26,32,45-46H,8-13,18-21H2,1-2H3,(H,48,51)(H,49,52)/t25-,26-,32-/m0/s1. The lowest BCUT2D eigenvalue weighted by atomic mass is 9.95. The first kappa shape index (κ1) is 38.4. The number of amides is 2. The Bertz CT molecular complexity index is 2080. The molecule has 11 nitrogen and oxygen atoms in total. The number of aromatic nitrogens is 2. The minimum Gasteiger partial charge on any atom is -0.496 e. The maximum Gasteiger partial charge on any atom is 0.421 e. The van der Waals surface area contributed by atoms with E-state index in [2.05, 4.69) is 31.2 Å². The van der Waals surface area contributed by atoms with Crippen molar-refractivity contribution in [3.63, 3.8) is 0 Å². The molecule has 55 heavy (non-hydrogen) atoms. The molecule has 290 valence electrons. The summed E-state index contributed by atoms with van der Waals surface area (Å²) in [5.74, 6) is 0.167. The third-order valence-corrected chi connectivity index (χ3v) is 10.7. The molecular formula is C40H42ClF3N6O5. The lowest BCUT2D eigenvalue weighted by Crippen LogP contribution is -2.35. The quantitative estimate of drug-likeness (QED) is 0.116. The molecule has 4 N–H and O–H groups in total. The fourth-order valence-corrected chi connectivity index (χ4v) is 7.88. The monoisotopic (exact) mass is 778 g/mol. The molecule has 0 unspecified atom stereocenters. The molecule has 2 amide bonds. The number of nitrogens with zero attached hydrogens (tertiary/aromatic N) is 2. The fourth-order valence-electron chi connectivity index (χ4n) is 7.56. The van der Waals surface area contributed by atoms with E-state index >= 15 is 0 Å². The molecule has 3 atom stereocenters. The van der Waals surface area contributed by atoms with Crippen LogP contribution >= 0.6 is 11.6 Å². The predicted octanol–water partition coefficient (Wildman–Crippen LogP) is 6.30. The van der Waals surface area contributed by atoms with Crippen molar-refractivity contribution < 1.29 is 37.0 Å². The van der Waals surface area contributed by atoms with Gasteiger partial charge in [0.05, 0.1) is 24.9 Å². The van der Waals surface area contributed by atoms with E-state index in [1.54, 1.807) is 13.3 Å². The molecule has 0 saturated carbocycles. The van der Waals surface area contributed by atoms with E-state index in [1.165, 1.54) is 7.11 Å². The summed E-state index contributed by atoms with van der Waals surface area (Å²) >= 11 is 7.09. The van der Waals surface area contributed by atoms with Crippen molar-refractivity contribution in [2.75, 3.05) is 27.3 Å². The molecule has 2 aromatic carbocycles. The summed E-state index contributed by atoms with van der Waals surface area (Å²) in [5, 5.41) is 12.7. The lowest BCUT2D eigenvalue weighted by molar-refractivity contribution is -0.139. The van der Waals surface area contributed by atoms with Crippen LogP contribution in [0.25, 0.3) is 22.4 Å². The number of methoxy groups -OCH3 is 2. The summed E-state index contributed by atoms with van der Waals surface area (Å²) < 4.78 is 60.7. The van der Waals surface area contributed by atoms with Crippen molar-refractivity contribution in [1.82, 2.24) is 31.2 Å². The first-order valence-electron chi connectivity index (χ1n) is 18.3. The van der Waals surface area contributed by atoms with Crippen LogP contribution in [0.3, 0.4) is 0 Å². The minimum absolute atomic E-state index is 0.0222. The second-order valence-electron chi connectivity index (χ2n) is 13.9. The van der Waals surface area contributed by atoms with Crippen molar-refractivity contribution in [3.05, 3.63) is 87.6 Å². The van der Waals surface area contributed by atoms with Gasteiger partial charge < -0.3 is 35.5 Å². The molecular weight excluding hydrogens is 737 g/mol. The molecule has 0 radical (unpaired) electrons. The second-order valence-corrected chi connectivity index (χ2v) is 14.3. The Morgan fingerprint density at radius 1 is 0.836 bits per heavy atom. The first-order valence-corrected chi connectivity index (χ1v) is 18.7. The largest absolute Gasteiger partial charge is 0.496 e. The van der Waals surface area contributed by atoms with E-state index in [0.29, 0.717) is 68.2 Å². The van der Waals surface area contributed by atoms with Crippen molar-refractivity contribution in [2.24, 2.45) is 0 Å². The van der Waals surface area contributed by atoms with Crippen LogP contribution in [0.5, 0.6) is 17.5 Å². The number of carbonyl (C=O) groups is 2. The summed E-state index contributed by atoms with van der Waals surface area (Å²) in [6.45, 7) is 1.67.